The minimum atomic E-state index is -0.257. The second-order valence-corrected chi connectivity index (χ2v) is 7.74. The molecule has 1 saturated heterocycles. The lowest BCUT2D eigenvalue weighted by Crippen LogP contribution is -2.33. The van der Waals surface area contributed by atoms with Crippen LogP contribution in [0, 0.1) is 6.92 Å². The highest BCUT2D eigenvalue weighted by Gasteiger charge is 2.34. The van der Waals surface area contributed by atoms with E-state index in [-0.39, 0.29) is 17.9 Å². The van der Waals surface area contributed by atoms with E-state index in [0.717, 1.165) is 24.2 Å². The van der Waals surface area contributed by atoms with Gasteiger partial charge in [-0.05, 0) is 25.8 Å². The number of aromatic nitrogens is 4. The standard InChI is InChI=1S/C23H26N6O3/c1-15-17(22(30)26-13-16-7-4-5-9-19(16)32-3)14-25-20(27-15)18-8-6-11-29(18)23(31)21-24-10-12-28(21)2/h4-5,7,9-10,12,14,18H,6,8,11,13H2,1-3H3,(H,26,30)/t18-/m1/s1. The number of rotatable bonds is 6. The van der Waals surface area contributed by atoms with E-state index in [1.54, 1.807) is 42.9 Å². The van der Waals surface area contributed by atoms with Gasteiger partial charge in [0.15, 0.2) is 11.6 Å². The number of hydrogen-bond donors (Lipinski definition) is 1. The molecule has 3 aromatic rings. The van der Waals surface area contributed by atoms with Crippen LogP contribution >= 0.6 is 0 Å². The zero-order valence-corrected chi connectivity index (χ0v) is 18.4. The summed E-state index contributed by atoms with van der Waals surface area (Å²) in [5.74, 6) is 1.26. The molecule has 32 heavy (non-hydrogen) atoms. The average Bonchev–Trinajstić information content (AvgIpc) is 3.46. The molecule has 1 aliphatic heterocycles. The summed E-state index contributed by atoms with van der Waals surface area (Å²) in [6.45, 7) is 2.74. The summed E-state index contributed by atoms with van der Waals surface area (Å²) in [5, 5.41) is 2.90. The molecular formula is C23H26N6O3. The van der Waals surface area contributed by atoms with Crippen molar-refractivity contribution in [2.75, 3.05) is 13.7 Å². The number of ether oxygens (including phenoxy) is 1. The van der Waals surface area contributed by atoms with Gasteiger partial charge in [0.25, 0.3) is 11.8 Å². The third kappa shape index (κ3) is 4.18. The van der Waals surface area contributed by atoms with E-state index in [4.69, 9.17) is 4.74 Å². The summed E-state index contributed by atoms with van der Waals surface area (Å²) >= 11 is 0. The quantitative estimate of drug-likeness (QED) is 0.639. The van der Waals surface area contributed by atoms with Crippen molar-refractivity contribution in [3.05, 3.63) is 71.3 Å². The number of aryl methyl sites for hydroxylation is 2. The third-order valence-electron chi connectivity index (χ3n) is 5.70. The van der Waals surface area contributed by atoms with Crippen LogP contribution in [0.2, 0.25) is 0 Å². The Morgan fingerprint density at radius 2 is 2.06 bits per heavy atom. The van der Waals surface area contributed by atoms with Crippen molar-refractivity contribution in [3.8, 4) is 5.75 Å². The first-order valence-corrected chi connectivity index (χ1v) is 10.5. The van der Waals surface area contributed by atoms with E-state index < -0.39 is 0 Å². The molecule has 4 rings (SSSR count). The Balaban J connectivity index is 1.48. The molecule has 9 heteroatoms. The van der Waals surface area contributed by atoms with Crippen LogP contribution in [0.1, 0.15) is 56.9 Å². The van der Waals surface area contributed by atoms with Crippen molar-refractivity contribution >= 4 is 11.8 Å². The molecule has 0 bridgehead atoms. The summed E-state index contributed by atoms with van der Waals surface area (Å²) < 4.78 is 7.04. The molecule has 2 amide bonds. The fourth-order valence-corrected chi connectivity index (χ4v) is 3.97. The van der Waals surface area contributed by atoms with Gasteiger partial charge in [0, 0.05) is 44.3 Å². The Kier molecular flexibility index (Phi) is 6.16. The van der Waals surface area contributed by atoms with Crippen LogP contribution < -0.4 is 10.1 Å². The molecule has 0 radical (unpaired) electrons. The number of nitrogens with zero attached hydrogens (tertiary/aromatic N) is 5. The molecule has 0 saturated carbocycles. The van der Waals surface area contributed by atoms with Gasteiger partial charge in [-0.15, -0.1) is 0 Å². The van der Waals surface area contributed by atoms with E-state index in [0.29, 0.717) is 36.0 Å². The number of para-hydroxylation sites is 1. The zero-order chi connectivity index (χ0) is 22.7. The lowest BCUT2D eigenvalue weighted by atomic mass is 10.1. The lowest BCUT2D eigenvalue weighted by molar-refractivity contribution is 0.0713. The van der Waals surface area contributed by atoms with E-state index in [1.165, 1.54) is 6.20 Å². The molecule has 1 atom stereocenters. The van der Waals surface area contributed by atoms with E-state index in [9.17, 15) is 9.59 Å². The molecule has 9 nitrogen and oxygen atoms in total. The van der Waals surface area contributed by atoms with E-state index in [1.807, 2.05) is 24.3 Å². The maximum Gasteiger partial charge on any atom is 0.290 e. The highest BCUT2D eigenvalue weighted by Crippen LogP contribution is 2.31. The van der Waals surface area contributed by atoms with Gasteiger partial charge in [0.05, 0.1) is 24.4 Å². The smallest absolute Gasteiger partial charge is 0.290 e. The SMILES string of the molecule is COc1ccccc1CNC(=O)c1cnc([C@H]2CCCN2C(=O)c2nccn2C)nc1C. The Labute approximate surface area is 186 Å². The number of imidazole rings is 1. The number of amides is 2. The van der Waals surface area contributed by atoms with Crippen LogP contribution in [0.25, 0.3) is 0 Å². The van der Waals surface area contributed by atoms with Crippen molar-refractivity contribution in [1.29, 1.82) is 0 Å². The van der Waals surface area contributed by atoms with Gasteiger partial charge in [0.1, 0.15) is 5.75 Å². The molecule has 1 aromatic carbocycles. The third-order valence-corrected chi connectivity index (χ3v) is 5.70. The summed E-state index contributed by atoms with van der Waals surface area (Å²) in [4.78, 5) is 40.7. The fourth-order valence-electron chi connectivity index (χ4n) is 3.97. The summed E-state index contributed by atoms with van der Waals surface area (Å²) in [7, 11) is 3.40. The topological polar surface area (TPSA) is 102 Å². The first-order chi connectivity index (χ1) is 15.5. The predicted molar refractivity (Wildman–Crippen MR) is 117 cm³/mol. The number of benzene rings is 1. The van der Waals surface area contributed by atoms with Crippen LogP contribution in [-0.4, -0.2) is 49.9 Å². The maximum atomic E-state index is 13.0. The summed E-state index contributed by atoms with van der Waals surface area (Å²) in [6.07, 6.45) is 6.53. The molecule has 1 N–H and O–H groups in total. The molecule has 1 fully saturated rings. The van der Waals surface area contributed by atoms with Crippen LogP contribution in [0.15, 0.2) is 42.9 Å². The van der Waals surface area contributed by atoms with Crippen molar-refractivity contribution in [2.24, 2.45) is 7.05 Å². The highest BCUT2D eigenvalue weighted by molar-refractivity contribution is 5.95. The van der Waals surface area contributed by atoms with E-state index in [2.05, 4.69) is 20.3 Å². The molecule has 0 unspecified atom stereocenters. The fraction of sp³-hybridized carbons (Fsp3) is 0.348. The average molecular weight is 435 g/mol. The first kappa shape index (κ1) is 21.5. The monoisotopic (exact) mass is 434 g/mol. The predicted octanol–water partition coefficient (Wildman–Crippen LogP) is 2.43. The number of likely N-dealkylation sites (tertiary alicyclic amines) is 1. The summed E-state index contributed by atoms with van der Waals surface area (Å²) in [6, 6.07) is 7.30. The van der Waals surface area contributed by atoms with Gasteiger partial charge in [-0.2, -0.15) is 0 Å². The second kappa shape index (κ2) is 9.17. The maximum absolute atomic E-state index is 13.0. The summed E-state index contributed by atoms with van der Waals surface area (Å²) in [5.41, 5.74) is 1.86. The van der Waals surface area contributed by atoms with Crippen LogP contribution in [0.4, 0.5) is 0 Å². The number of carbonyl (C=O) groups excluding carboxylic acids is 2. The molecular weight excluding hydrogens is 408 g/mol. The van der Waals surface area contributed by atoms with Gasteiger partial charge < -0.3 is 19.5 Å². The molecule has 3 heterocycles. The normalized spacial score (nSPS) is 15.6. The zero-order valence-electron chi connectivity index (χ0n) is 18.4. The van der Waals surface area contributed by atoms with Crippen LogP contribution in [0.3, 0.4) is 0 Å². The largest absolute Gasteiger partial charge is 0.496 e. The number of carbonyl (C=O) groups is 2. The minimum absolute atomic E-state index is 0.139. The molecule has 0 aliphatic carbocycles. The van der Waals surface area contributed by atoms with Gasteiger partial charge in [-0.3, -0.25) is 9.59 Å². The molecule has 166 valence electrons. The van der Waals surface area contributed by atoms with Gasteiger partial charge >= 0.3 is 0 Å². The molecule has 1 aliphatic rings. The Bertz CT molecular complexity index is 1140. The van der Waals surface area contributed by atoms with Gasteiger partial charge in [0.2, 0.25) is 0 Å². The minimum Gasteiger partial charge on any atom is -0.496 e. The Hall–Kier alpha value is -3.75. The van der Waals surface area contributed by atoms with Crippen molar-refractivity contribution < 1.29 is 14.3 Å². The highest BCUT2D eigenvalue weighted by atomic mass is 16.5. The Morgan fingerprint density at radius 1 is 1.25 bits per heavy atom. The first-order valence-electron chi connectivity index (χ1n) is 10.5. The van der Waals surface area contributed by atoms with Crippen molar-refractivity contribution in [2.45, 2.75) is 32.4 Å². The number of methoxy groups -OCH3 is 1. The van der Waals surface area contributed by atoms with Gasteiger partial charge in [-0.1, -0.05) is 18.2 Å². The number of nitrogens with one attached hydrogen (secondary N) is 1. The number of hydrogen-bond acceptors (Lipinski definition) is 6. The second-order valence-electron chi connectivity index (χ2n) is 7.74. The molecule has 2 aromatic heterocycles. The van der Waals surface area contributed by atoms with Crippen molar-refractivity contribution in [3.63, 3.8) is 0 Å². The van der Waals surface area contributed by atoms with Crippen molar-refractivity contribution in [1.82, 2.24) is 29.7 Å². The van der Waals surface area contributed by atoms with Crippen LogP contribution in [0.5, 0.6) is 5.75 Å². The Morgan fingerprint density at radius 3 is 2.78 bits per heavy atom. The molecule has 0 spiro atoms. The van der Waals surface area contributed by atoms with E-state index >= 15 is 0 Å². The lowest BCUT2D eigenvalue weighted by Gasteiger charge is -2.23. The van der Waals surface area contributed by atoms with Gasteiger partial charge in [-0.25, -0.2) is 15.0 Å². The van der Waals surface area contributed by atoms with Crippen LogP contribution in [-0.2, 0) is 13.6 Å².